The third kappa shape index (κ3) is 2.77. The zero-order valence-corrected chi connectivity index (χ0v) is 12.0. The summed E-state index contributed by atoms with van der Waals surface area (Å²) >= 11 is 1.43. The number of nitrogens with one attached hydrogen (secondary N) is 2. The van der Waals surface area contributed by atoms with Gasteiger partial charge in [0, 0.05) is 4.88 Å². The van der Waals surface area contributed by atoms with Gasteiger partial charge in [0.1, 0.15) is 5.00 Å². The smallest absolute Gasteiger partial charge is 0.251 e. The molecule has 0 bridgehead atoms. The second-order valence-electron chi connectivity index (χ2n) is 4.83. The Morgan fingerprint density at radius 1 is 1.33 bits per heavy atom. The number of H-pyrrole nitrogens is 1. The van der Waals surface area contributed by atoms with Gasteiger partial charge in [0.25, 0.3) is 5.91 Å². The van der Waals surface area contributed by atoms with Gasteiger partial charge in [-0.3, -0.25) is 9.59 Å². The first kappa shape index (κ1) is 13.7. The highest BCUT2D eigenvalue weighted by Gasteiger charge is 2.25. The molecule has 0 saturated carbocycles. The van der Waals surface area contributed by atoms with Crippen molar-refractivity contribution in [2.45, 2.75) is 32.1 Å². The number of hydrogen-bond donors (Lipinski definition) is 3. The highest BCUT2D eigenvalue weighted by Crippen LogP contribution is 2.37. The van der Waals surface area contributed by atoms with Crippen LogP contribution in [-0.4, -0.2) is 32.4 Å². The number of aromatic nitrogens is 4. The van der Waals surface area contributed by atoms with E-state index in [1.54, 1.807) is 0 Å². The molecule has 0 fully saturated rings. The predicted molar refractivity (Wildman–Crippen MR) is 76.0 cm³/mol. The molecule has 21 heavy (non-hydrogen) atoms. The fourth-order valence-corrected chi connectivity index (χ4v) is 3.80. The van der Waals surface area contributed by atoms with Crippen LogP contribution in [0.25, 0.3) is 0 Å². The number of nitrogens with two attached hydrogens (primary N) is 1. The van der Waals surface area contributed by atoms with Gasteiger partial charge in [-0.1, -0.05) is 5.21 Å². The fraction of sp³-hybridized carbons (Fsp3) is 0.417. The molecule has 110 valence electrons. The standard InChI is InChI=1S/C12H14N6O2S/c13-11(20)10-6-3-1-2-4-7(6)21-12(10)14-9(19)5-8-15-17-18-16-8/h1-5H2,(H2,13,20)(H,14,19)(H,15,16,17,18). The summed E-state index contributed by atoms with van der Waals surface area (Å²) < 4.78 is 0. The van der Waals surface area contributed by atoms with Gasteiger partial charge < -0.3 is 11.1 Å². The SMILES string of the molecule is NC(=O)c1c(NC(=O)Cc2nn[nH]n2)sc2c1CCCC2. The minimum absolute atomic E-state index is 0.00271. The topological polar surface area (TPSA) is 127 Å². The molecule has 0 atom stereocenters. The number of aromatic amines is 1. The lowest BCUT2D eigenvalue weighted by molar-refractivity contribution is -0.115. The van der Waals surface area contributed by atoms with Gasteiger partial charge in [-0.25, -0.2) is 0 Å². The van der Waals surface area contributed by atoms with Gasteiger partial charge in [-0.2, -0.15) is 5.21 Å². The number of carbonyl (C=O) groups is 2. The molecule has 4 N–H and O–H groups in total. The molecule has 8 nitrogen and oxygen atoms in total. The summed E-state index contributed by atoms with van der Waals surface area (Å²) in [5.41, 5.74) is 6.92. The molecule has 9 heteroatoms. The first-order chi connectivity index (χ1) is 10.1. The van der Waals surface area contributed by atoms with Crippen molar-refractivity contribution < 1.29 is 9.59 Å². The van der Waals surface area contributed by atoms with Gasteiger partial charge in [0.15, 0.2) is 5.82 Å². The number of aryl methyl sites for hydroxylation is 1. The van der Waals surface area contributed by atoms with Crippen LogP contribution in [0, 0.1) is 0 Å². The number of tetrazole rings is 1. The van der Waals surface area contributed by atoms with Crippen LogP contribution in [0.5, 0.6) is 0 Å². The van der Waals surface area contributed by atoms with Crippen molar-refractivity contribution in [1.29, 1.82) is 0 Å². The largest absolute Gasteiger partial charge is 0.365 e. The number of rotatable bonds is 4. The molecule has 1 aliphatic carbocycles. The number of thiophene rings is 1. The highest BCUT2D eigenvalue weighted by molar-refractivity contribution is 7.17. The molecule has 1 aliphatic rings. The van der Waals surface area contributed by atoms with E-state index in [2.05, 4.69) is 25.9 Å². The van der Waals surface area contributed by atoms with E-state index in [4.69, 9.17) is 5.73 Å². The molecule has 0 aromatic carbocycles. The Hall–Kier alpha value is -2.29. The number of anilines is 1. The minimum atomic E-state index is -0.496. The van der Waals surface area contributed by atoms with Gasteiger partial charge in [-0.15, -0.1) is 21.5 Å². The van der Waals surface area contributed by atoms with Crippen molar-refractivity contribution in [3.8, 4) is 0 Å². The van der Waals surface area contributed by atoms with Crippen LogP contribution in [0.15, 0.2) is 0 Å². The van der Waals surface area contributed by atoms with E-state index in [-0.39, 0.29) is 12.3 Å². The molecule has 0 aliphatic heterocycles. The third-order valence-electron chi connectivity index (χ3n) is 3.38. The Balaban J connectivity index is 1.83. The molecule has 2 heterocycles. The number of primary amides is 1. The average molecular weight is 306 g/mol. The summed E-state index contributed by atoms with van der Waals surface area (Å²) in [7, 11) is 0. The van der Waals surface area contributed by atoms with Crippen molar-refractivity contribution in [3.63, 3.8) is 0 Å². The molecule has 3 rings (SSSR count). The summed E-state index contributed by atoms with van der Waals surface area (Å²) in [6.07, 6.45) is 3.91. The van der Waals surface area contributed by atoms with Gasteiger partial charge in [-0.05, 0) is 31.2 Å². The normalized spacial score (nSPS) is 13.7. The average Bonchev–Trinajstić information content (AvgIpc) is 3.04. The molecule has 2 amide bonds. The van der Waals surface area contributed by atoms with Crippen molar-refractivity contribution in [2.75, 3.05) is 5.32 Å². The zero-order valence-electron chi connectivity index (χ0n) is 11.2. The Labute approximate surface area is 124 Å². The van der Waals surface area contributed by atoms with E-state index < -0.39 is 5.91 Å². The lowest BCUT2D eigenvalue weighted by atomic mass is 9.95. The van der Waals surface area contributed by atoms with Crippen molar-refractivity contribution in [1.82, 2.24) is 20.6 Å². The molecule has 0 radical (unpaired) electrons. The molecule has 0 saturated heterocycles. The Morgan fingerprint density at radius 3 is 2.86 bits per heavy atom. The molecule has 2 aromatic rings. The van der Waals surface area contributed by atoms with E-state index in [1.807, 2.05) is 0 Å². The summed E-state index contributed by atoms with van der Waals surface area (Å²) in [5, 5.41) is 16.4. The lowest BCUT2D eigenvalue weighted by Gasteiger charge is -2.11. The molecular formula is C12H14N6O2S. The number of hydrogen-bond acceptors (Lipinski definition) is 6. The highest BCUT2D eigenvalue weighted by atomic mass is 32.1. The maximum absolute atomic E-state index is 12.0. The van der Waals surface area contributed by atoms with Gasteiger partial charge in [0.05, 0.1) is 12.0 Å². The van der Waals surface area contributed by atoms with Crippen molar-refractivity contribution in [3.05, 3.63) is 21.8 Å². The van der Waals surface area contributed by atoms with Gasteiger partial charge in [0.2, 0.25) is 5.91 Å². The fourth-order valence-electron chi connectivity index (χ4n) is 2.49. The predicted octanol–water partition coefficient (Wildman–Crippen LogP) is 0.420. The van der Waals surface area contributed by atoms with Crippen LogP contribution in [0.2, 0.25) is 0 Å². The quantitative estimate of drug-likeness (QED) is 0.754. The molecule has 0 spiro atoms. The van der Waals surface area contributed by atoms with Crippen LogP contribution in [0.3, 0.4) is 0 Å². The number of carbonyl (C=O) groups excluding carboxylic acids is 2. The summed E-state index contributed by atoms with van der Waals surface area (Å²) in [4.78, 5) is 24.8. The maximum atomic E-state index is 12.0. The number of nitrogens with zero attached hydrogens (tertiary/aromatic N) is 3. The second kappa shape index (κ2) is 5.60. The second-order valence-corrected chi connectivity index (χ2v) is 5.94. The van der Waals surface area contributed by atoms with Crippen LogP contribution >= 0.6 is 11.3 Å². The Bertz CT molecular complexity index is 678. The van der Waals surface area contributed by atoms with E-state index in [0.717, 1.165) is 36.1 Å². The van der Waals surface area contributed by atoms with E-state index >= 15 is 0 Å². The van der Waals surface area contributed by atoms with E-state index in [0.29, 0.717) is 16.4 Å². The number of fused-ring (bicyclic) bond motifs is 1. The summed E-state index contributed by atoms with van der Waals surface area (Å²) in [6, 6.07) is 0. The monoisotopic (exact) mass is 306 g/mol. The van der Waals surface area contributed by atoms with E-state index in [1.165, 1.54) is 11.3 Å². The Kier molecular flexibility index (Phi) is 3.65. The van der Waals surface area contributed by atoms with Crippen LogP contribution < -0.4 is 11.1 Å². The van der Waals surface area contributed by atoms with Crippen molar-refractivity contribution in [2.24, 2.45) is 5.73 Å². The molecule has 0 unspecified atom stereocenters. The number of amides is 2. The first-order valence-electron chi connectivity index (χ1n) is 6.61. The maximum Gasteiger partial charge on any atom is 0.251 e. The first-order valence-corrected chi connectivity index (χ1v) is 7.43. The van der Waals surface area contributed by atoms with Crippen molar-refractivity contribution >= 4 is 28.2 Å². The zero-order chi connectivity index (χ0) is 14.8. The lowest BCUT2D eigenvalue weighted by Crippen LogP contribution is -2.19. The van der Waals surface area contributed by atoms with Crippen LogP contribution in [-0.2, 0) is 24.1 Å². The van der Waals surface area contributed by atoms with Crippen LogP contribution in [0.1, 0.15) is 39.5 Å². The van der Waals surface area contributed by atoms with Crippen LogP contribution in [0.4, 0.5) is 5.00 Å². The van der Waals surface area contributed by atoms with Gasteiger partial charge >= 0.3 is 0 Å². The molecular weight excluding hydrogens is 292 g/mol. The van der Waals surface area contributed by atoms with E-state index in [9.17, 15) is 9.59 Å². The summed E-state index contributed by atoms with van der Waals surface area (Å²) in [5.74, 6) is -0.490. The Morgan fingerprint density at radius 2 is 2.14 bits per heavy atom. The third-order valence-corrected chi connectivity index (χ3v) is 4.59. The minimum Gasteiger partial charge on any atom is -0.365 e. The molecule has 2 aromatic heterocycles. The summed E-state index contributed by atoms with van der Waals surface area (Å²) in [6.45, 7) is 0.